The predicted molar refractivity (Wildman–Crippen MR) is 170 cm³/mol. The van der Waals surface area contributed by atoms with Crippen molar-refractivity contribution in [2.24, 2.45) is 11.8 Å². The Morgan fingerprint density at radius 2 is 1.70 bits per heavy atom. The van der Waals surface area contributed by atoms with Gasteiger partial charge in [-0.05, 0) is 81.1 Å². The molecule has 1 N–H and O–H groups in total. The number of aromatic nitrogens is 3. The number of halogens is 2. The molecule has 4 heterocycles. The lowest BCUT2D eigenvalue weighted by Crippen LogP contribution is -2.47. The van der Waals surface area contributed by atoms with Crippen molar-refractivity contribution < 1.29 is 14.6 Å². The molecule has 0 aliphatic carbocycles. The van der Waals surface area contributed by atoms with Crippen LogP contribution in [0.2, 0.25) is 10.0 Å². The number of benzene rings is 1. The smallest absolute Gasteiger partial charge is 0.239 e. The van der Waals surface area contributed by atoms with Gasteiger partial charge in [0, 0.05) is 66.9 Å². The third-order valence-electron chi connectivity index (χ3n) is 8.32. The normalized spacial score (nSPS) is 17.6. The number of likely N-dealkylation sites (tertiary alicyclic amines) is 1. The molecule has 2 aliphatic rings. The molecule has 0 amide bonds. The minimum Gasteiger partial charge on any atom is -0.419 e. The fourth-order valence-corrected chi connectivity index (χ4v) is 6.24. The lowest BCUT2D eigenvalue weighted by molar-refractivity contribution is -0.110. The molecule has 0 spiro atoms. The highest BCUT2D eigenvalue weighted by Gasteiger charge is 2.21. The van der Waals surface area contributed by atoms with Crippen molar-refractivity contribution in [3.63, 3.8) is 0 Å². The number of piperidine rings is 1. The Kier molecular flexibility index (Phi) is 11.2. The van der Waals surface area contributed by atoms with E-state index in [1.54, 1.807) is 18.5 Å². The maximum Gasteiger partial charge on any atom is 0.239 e. The monoisotopic (exact) mass is 626 g/mol. The van der Waals surface area contributed by atoms with Crippen LogP contribution >= 0.6 is 23.2 Å². The largest absolute Gasteiger partial charge is 0.419 e. The van der Waals surface area contributed by atoms with E-state index in [1.165, 1.54) is 0 Å². The number of piperazine rings is 1. The number of aliphatic hydroxyl groups excluding tert-OH is 1. The number of aliphatic hydroxyl groups is 1. The first-order chi connectivity index (χ1) is 20.9. The van der Waals surface area contributed by atoms with Crippen LogP contribution in [0.25, 0.3) is 11.3 Å². The zero-order valence-electron chi connectivity index (χ0n) is 24.7. The van der Waals surface area contributed by atoms with Crippen molar-refractivity contribution in [3.05, 3.63) is 58.3 Å². The number of pyridine rings is 1. The van der Waals surface area contributed by atoms with Gasteiger partial charge in [-0.2, -0.15) is 0 Å². The maximum atomic E-state index is 10.9. The molecule has 230 valence electrons. The number of ether oxygens (including phenoxy) is 1. The summed E-state index contributed by atoms with van der Waals surface area (Å²) in [5.41, 5.74) is 2.60. The summed E-state index contributed by atoms with van der Waals surface area (Å²) in [7, 11) is 0. The Morgan fingerprint density at radius 3 is 2.35 bits per heavy atom. The average Bonchev–Trinajstić information content (AvgIpc) is 3.01. The van der Waals surface area contributed by atoms with Crippen LogP contribution in [0, 0.1) is 11.8 Å². The van der Waals surface area contributed by atoms with E-state index in [4.69, 9.17) is 32.9 Å². The molecule has 0 saturated carbocycles. The molecule has 2 aliphatic heterocycles. The van der Waals surface area contributed by atoms with Crippen LogP contribution in [-0.2, 0) is 11.3 Å². The molecule has 2 aromatic heterocycles. The van der Waals surface area contributed by atoms with Gasteiger partial charge >= 0.3 is 0 Å². The quantitative estimate of drug-likeness (QED) is 0.258. The van der Waals surface area contributed by atoms with Crippen LogP contribution in [0.4, 0.5) is 5.82 Å². The molecule has 1 unspecified atom stereocenters. The van der Waals surface area contributed by atoms with Crippen molar-refractivity contribution in [2.75, 3.05) is 57.3 Å². The van der Waals surface area contributed by atoms with Gasteiger partial charge in [0.25, 0.3) is 0 Å². The van der Waals surface area contributed by atoms with Crippen molar-refractivity contribution in [3.8, 4) is 23.0 Å². The summed E-state index contributed by atoms with van der Waals surface area (Å²) in [5, 5.41) is 10.4. The van der Waals surface area contributed by atoms with Crippen molar-refractivity contribution in [2.45, 2.75) is 39.2 Å². The van der Waals surface area contributed by atoms with Crippen LogP contribution in [0.15, 0.2) is 42.7 Å². The Hall–Kier alpha value is -2.82. The Morgan fingerprint density at radius 1 is 0.953 bits per heavy atom. The van der Waals surface area contributed by atoms with Gasteiger partial charge in [0.1, 0.15) is 12.1 Å². The van der Waals surface area contributed by atoms with E-state index in [1.807, 2.05) is 25.1 Å². The van der Waals surface area contributed by atoms with Gasteiger partial charge in [-0.15, -0.1) is 0 Å². The van der Waals surface area contributed by atoms with Gasteiger partial charge in [-0.3, -0.25) is 9.80 Å². The SMILES string of the molecule is CC(C=O)CCN1CCN(c2cnc(Oc3cc(CN4CCC(CCO)CC4)cc(-c4cc(Cl)cc(Cl)c4)n3)cn2)CC1. The third-order valence-corrected chi connectivity index (χ3v) is 8.76. The summed E-state index contributed by atoms with van der Waals surface area (Å²) in [4.78, 5) is 31.9. The first kappa shape index (κ1) is 31.6. The predicted octanol–water partition coefficient (Wildman–Crippen LogP) is 5.58. The fourth-order valence-electron chi connectivity index (χ4n) is 5.71. The standard InChI is InChI=1S/C32H40Cl2N6O3/c1-23(22-42)2-6-38-9-11-40(12-10-38)30-19-36-32(20-35-30)43-31-15-25(21-39-7-3-24(4-8-39)5-13-41)14-29(37-31)26-16-27(33)18-28(34)17-26/h14-20,22-24,41H,2-13,21H2,1H3. The highest BCUT2D eigenvalue weighted by atomic mass is 35.5. The fraction of sp³-hybridized carbons (Fsp3) is 0.500. The topological polar surface area (TPSA) is 94.9 Å². The molecule has 3 aromatic rings. The summed E-state index contributed by atoms with van der Waals surface area (Å²) in [6.45, 7) is 9.46. The highest BCUT2D eigenvalue weighted by Crippen LogP contribution is 2.31. The molecule has 2 fully saturated rings. The lowest BCUT2D eigenvalue weighted by Gasteiger charge is -2.35. The van der Waals surface area contributed by atoms with Gasteiger partial charge in [0.15, 0.2) is 0 Å². The molecule has 1 atom stereocenters. The van der Waals surface area contributed by atoms with Gasteiger partial charge in [-0.1, -0.05) is 30.1 Å². The number of hydrogen-bond donors (Lipinski definition) is 1. The Bertz CT molecular complexity index is 1330. The molecule has 5 rings (SSSR count). The number of carbonyl (C=O) groups excluding carboxylic acids is 1. The maximum absolute atomic E-state index is 10.9. The molecule has 1 aromatic carbocycles. The Balaban J connectivity index is 1.27. The van der Waals surface area contributed by atoms with E-state index in [9.17, 15) is 9.90 Å². The molecular formula is C32H40Cl2N6O3. The van der Waals surface area contributed by atoms with Gasteiger partial charge in [-0.25, -0.2) is 15.0 Å². The second-order valence-corrected chi connectivity index (χ2v) is 12.5. The van der Waals surface area contributed by atoms with E-state index in [-0.39, 0.29) is 12.5 Å². The van der Waals surface area contributed by atoms with Crippen LogP contribution < -0.4 is 9.64 Å². The highest BCUT2D eigenvalue weighted by molar-refractivity contribution is 6.35. The molecule has 2 saturated heterocycles. The van der Waals surface area contributed by atoms with E-state index in [0.29, 0.717) is 27.7 Å². The first-order valence-corrected chi connectivity index (χ1v) is 15.9. The second kappa shape index (κ2) is 15.3. The Labute approximate surface area is 263 Å². The number of carbonyl (C=O) groups is 1. The summed E-state index contributed by atoms with van der Waals surface area (Å²) in [6, 6.07) is 9.41. The lowest BCUT2D eigenvalue weighted by atomic mass is 9.93. The number of aldehydes is 1. The number of rotatable bonds is 12. The van der Waals surface area contributed by atoms with Crippen LogP contribution in [0.3, 0.4) is 0 Å². The molecule has 9 nitrogen and oxygen atoms in total. The molecule has 0 bridgehead atoms. The van der Waals surface area contributed by atoms with Crippen molar-refractivity contribution in [1.29, 1.82) is 0 Å². The van der Waals surface area contributed by atoms with Crippen LogP contribution in [0.1, 0.15) is 38.2 Å². The minimum atomic E-state index is 0.0981. The van der Waals surface area contributed by atoms with Gasteiger partial charge in [0.2, 0.25) is 11.8 Å². The average molecular weight is 628 g/mol. The molecule has 11 heteroatoms. The van der Waals surface area contributed by atoms with Gasteiger partial charge in [0.05, 0.1) is 18.1 Å². The molecule has 43 heavy (non-hydrogen) atoms. The van der Waals surface area contributed by atoms with Crippen LogP contribution in [0.5, 0.6) is 11.8 Å². The van der Waals surface area contributed by atoms with Crippen molar-refractivity contribution in [1.82, 2.24) is 24.8 Å². The third kappa shape index (κ3) is 9.09. The minimum absolute atomic E-state index is 0.0981. The van der Waals surface area contributed by atoms with Crippen LogP contribution in [-0.4, -0.2) is 88.6 Å². The van der Waals surface area contributed by atoms with E-state index in [2.05, 4.69) is 30.7 Å². The second-order valence-electron chi connectivity index (χ2n) is 11.6. The van der Waals surface area contributed by atoms with E-state index in [0.717, 1.165) is 107 Å². The summed E-state index contributed by atoms with van der Waals surface area (Å²) in [6.07, 6.45) is 8.35. The zero-order chi connectivity index (χ0) is 30.2. The number of nitrogens with zero attached hydrogens (tertiary/aromatic N) is 6. The number of hydrogen-bond acceptors (Lipinski definition) is 9. The number of anilines is 1. The summed E-state index contributed by atoms with van der Waals surface area (Å²) in [5.74, 6) is 2.30. The first-order valence-electron chi connectivity index (χ1n) is 15.1. The molecule has 0 radical (unpaired) electrons. The van der Waals surface area contributed by atoms with Crippen molar-refractivity contribution >= 4 is 35.3 Å². The van der Waals surface area contributed by atoms with Gasteiger partial charge < -0.3 is 19.5 Å². The zero-order valence-corrected chi connectivity index (χ0v) is 26.2. The van der Waals surface area contributed by atoms with E-state index >= 15 is 0 Å². The summed E-state index contributed by atoms with van der Waals surface area (Å²) < 4.78 is 6.15. The summed E-state index contributed by atoms with van der Waals surface area (Å²) >= 11 is 12.6. The molecular weight excluding hydrogens is 587 g/mol. The van der Waals surface area contributed by atoms with E-state index < -0.39 is 0 Å².